The molecule has 1 aliphatic heterocycles. The maximum atomic E-state index is 13.3. The number of esters is 1. The molecule has 4 nitrogen and oxygen atoms in total. The highest BCUT2D eigenvalue weighted by molar-refractivity contribution is 5.76. The third-order valence-corrected chi connectivity index (χ3v) is 3.30. The van der Waals surface area contributed by atoms with Crippen LogP contribution in [0.3, 0.4) is 0 Å². The van der Waals surface area contributed by atoms with Crippen molar-refractivity contribution in [1.29, 1.82) is 0 Å². The fourth-order valence-corrected chi connectivity index (χ4v) is 2.25. The molecule has 1 aromatic carbocycles. The van der Waals surface area contributed by atoms with Gasteiger partial charge in [0, 0.05) is 24.8 Å². The summed E-state index contributed by atoms with van der Waals surface area (Å²) < 4.78 is 68.1. The van der Waals surface area contributed by atoms with Gasteiger partial charge in [-0.05, 0) is 19.1 Å². The fraction of sp³-hybridized carbons (Fsp3) is 0.462. The summed E-state index contributed by atoms with van der Waals surface area (Å²) in [6, 6.07) is 2.92. The molecular weight excluding hydrogens is 311 g/mol. The summed E-state index contributed by atoms with van der Waals surface area (Å²) in [5.74, 6) is -4.56. The molecule has 1 heterocycles. The molecule has 1 atom stereocenters. The van der Waals surface area contributed by atoms with Gasteiger partial charge in [0.15, 0.2) is 17.4 Å². The number of hydrogen-bond acceptors (Lipinski definition) is 4. The Hall–Kier alpha value is -1.90. The molecule has 0 aromatic heterocycles. The van der Waals surface area contributed by atoms with E-state index >= 15 is 0 Å². The first-order chi connectivity index (χ1) is 10.1. The zero-order valence-corrected chi connectivity index (χ0v) is 11.5. The van der Waals surface area contributed by atoms with E-state index in [0.717, 1.165) is 12.1 Å². The molecule has 9 heteroatoms. The Morgan fingerprint density at radius 2 is 2.00 bits per heavy atom. The highest BCUT2D eigenvalue weighted by Gasteiger charge is 2.48. The molecule has 0 saturated carbocycles. The maximum Gasteiger partial charge on any atom is 0.491 e. The third kappa shape index (κ3) is 3.29. The topological polar surface area (TPSA) is 41.6 Å². The number of alkyl halides is 3. The van der Waals surface area contributed by atoms with Crippen LogP contribution in [0.2, 0.25) is 0 Å². The van der Waals surface area contributed by atoms with E-state index in [2.05, 4.69) is 10.1 Å². The minimum absolute atomic E-state index is 0.0895. The zero-order valence-electron chi connectivity index (χ0n) is 11.5. The second-order valence-corrected chi connectivity index (χ2v) is 4.99. The average Bonchev–Trinajstić information content (AvgIpc) is 2.41. The highest BCUT2D eigenvalue weighted by atomic mass is 19.4. The summed E-state index contributed by atoms with van der Waals surface area (Å²) in [5.41, 5.74) is -1.55. The van der Waals surface area contributed by atoms with E-state index in [9.17, 15) is 26.7 Å². The summed E-state index contributed by atoms with van der Waals surface area (Å²) in [7, 11) is 0. The number of carbonyl (C=O) groups excluding carboxylic acids is 1. The van der Waals surface area contributed by atoms with Crippen LogP contribution in [0.4, 0.5) is 27.6 Å². The van der Waals surface area contributed by atoms with Crippen molar-refractivity contribution in [2.75, 3.05) is 24.5 Å². The van der Waals surface area contributed by atoms with Crippen LogP contribution in [0.1, 0.15) is 6.92 Å². The van der Waals surface area contributed by atoms with Crippen LogP contribution >= 0.6 is 0 Å². The molecule has 0 unspecified atom stereocenters. The van der Waals surface area contributed by atoms with Crippen molar-refractivity contribution in [3.63, 3.8) is 0 Å². The molecule has 0 aliphatic carbocycles. The normalized spacial score (nSPS) is 22.5. The van der Waals surface area contributed by atoms with Gasteiger partial charge in [-0.1, -0.05) is 0 Å². The molecule has 1 fully saturated rings. The number of piperazine rings is 1. The van der Waals surface area contributed by atoms with Crippen LogP contribution in [0.15, 0.2) is 18.2 Å². The lowest BCUT2D eigenvalue weighted by Gasteiger charge is -2.45. The number of ether oxygens (including phenoxy) is 1. The number of carbonyl (C=O) groups is 1. The monoisotopic (exact) mass is 324 g/mol. The van der Waals surface area contributed by atoms with Crippen molar-refractivity contribution < 1.29 is 31.5 Å². The van der Waals surface area contributed by atoms with Gasteiger partial charge in [-0.3, -0.25) is 0 Å². The van der Waals surface area contributed by atoms with Crippen molar-refractivity contribution in [2.45, 2.75) is 18.8 Å². The van der Waals surface area contributed by atoms with E-state index in [4.69, 9.17) is 0 Å². The van der Waals surface area contributed by atoms with Crippen molar-refractivity contribution in [2.24, 2.45) is 0 Å². The highest BCUT2D eigenvalue weighted by Crippen LogP contribution is 2.30. The van der Waals surface area contributed by atoms with Gasteiger partial charge in [0.2, 0.25) is 0 Å². The smallest absolute Gasteiger partial charge is 0.431 e. The van der Waals surface area contributed by atoms with Crippen LogP contribution in [0.25, 0.3) is 0 Å². The summed E-state index contributed by atoms with van der Waals surface area (Å²) in [6.07, 6.45) is -5.14. The minimum atomic E-state index is -5.14. The maximum absolute atomic E-state index is 13.3. The number of benzene rings is 1. The van der Waals surface area contributed by atoms with Gasteiger partial charge in [0.1, 0.15) is 0 Å². The molecular formula is C13H13F5N2O2. The van der Waals surface area contributed by atoms with Crippen LogP contribution in [-0.4, -0.2) is 37.5 Å². The van der Waals surface area contributed by atoms with Gasteiger partial charge >= 0.3 is 12.1 Å². The predicted octanol–water partition coefficient (Wildman–Crippen LogP) is 2.20. The van der Waals surface area contributed by atoms with Crippen LogP contribution in [-0.2, 0) is 9.53 Å². The van der Waals surface area contributed by atoms with E-state index in [0.29, 0.717) is 6.54 Å². The number of hydrogen-bond donors (Lipinski definition) is 1. The summed E-state index contributed by atoms with van der Waals surface area (Å²) in [6.45, 7) is 1.72. The summed E-state index contributed by atoms with van der Waals surface area (Å²) in [4.78, 5) is 12.4. The first-order valence-electron chi connectivity index (χ1n) is 6.37. The first kappa shape index (κ1) is 16.5. The minimum Gasteiger partial charge on any atom is -0.431 e. The van der Waals surface area contributed by atoms with Gasteiger partial charge in [-0.25, -0.2) is 13.6 Å². The van der Waals surface area contributed by atoms with Crippen LogP contribution < -0.4 is 10.2 Å². The third-order valence-electron chi connectivity index (χ3n) is 3.30. The number of halogens is 5. The molecule has 1 aromatic rings. The summed E-state index contributed by atoms with van der Waals surface area (Å²) >= 11 is 0. The van der Waals surface area contributed by atoms with Crippen molar-refractivity contribution in [1.82, 2.24) is 5.32 Å². The molecule has 1 aliphatic rings. The largest absolute Gasteiger partial charge is 0.491 e. The predicted molar refractivity (Wildman–Crippen MR) is 67.1 cm³/mol. The zero-order chi connectivity index (χ0) is 16.5. The van der Waals surface area contributed by atoms with Crippen LogP contribution in [0, 0.1) is 11.6 Å². The first-order valence-corrected chi connectivity index (χ1v) is 6.37. The lowest BCUT2D eigenvalue weighted by atomic mass is 10.1. The Morgan fingerprint density at radius 3 is 2.59 bits per heavy atom. The number of anilines is 1. The van der Waals surface area contributed by atoms with Gasteiger partial charge in [0.05, 0.1) is 6.54 Å². The van der Waals surface area contributed by atoms with Gasteiger partial charge < -0.3 is 15.0 Å². The second kappa shape index (κ2) is 5.71. The Bertz CT molecular complexity index is 578. The molecule has 1 N–H and O–H groups in total. The molecule has 0 spiro atoms. The second-order valence-electron chi connectivity index (χ2n) is 4.99. The number of nitrogens with one attached hydrogen (secondary N) is 1. The van der Waals surface area contributed by atoms with E-state index in [1.165, 1.54) is 17.9 Å². The lowest BCUT2D eigenvalue weighted by Crippen LogP contribution is -2.62. The molecule has 2 rings (SSSR count). The summed E-state index contributed by atoms with van der Waals surface area (Å²) in [5, 5.41) is 2.80. The van der Waals surface area contributed by atoms with Crippen molar-refractivity contribution in [3.05, 3.63) is 29.8 Å². The number of rotatable bonds is 2. The quantitative estimate of drug-likeness (QED) is 0.669. The molecule has 122 valence electrons. The van der Waals surface area contributed by atoms with Crippen molar-refractivity contribution in [3.8, 4) is 0 Å². The van der Waals surface area contributed by atoms with Crippen molar-refractivity contribution >= 4 is 11.7 Å². The Balaban J connectivity index is 2.30. The molecule has 22 heavy (non-hydrogen) atoms. The lowest BCUT2D eigenvalue weighted by molar-refractivity contribution is -0.213. The van der Waals surface area contributed by atoms with Gasteiger partial charge in [0.25, 0.3) is 0 Å². The van der Waals surface area contributed by atoms with E-state index in [1.54, 1.807) is 0 Å². The van der Waals surface area contributed by atoms with E-state index in [1.807, 2.05) is 0 Å². The van der Waals surface area contributed by atoms with E-state index in [-0.39, 0.29) is 18.8 Å². The molecule has 1 saturated heterocycles. The fourth-order valence-electron chi connectivity index (χ4n) is 2.25. The molecule has 0 bridgehead atoms. The Morgan fingerprint density at radius 1 is 1.32 bits per heavy atom. The standard InChI is InChI=1S/C13H13F5N2O2/c1-12(22-11(21)13(16,17)18)7-19-4-5-20(12)8-2-3-9(14)10(15)6-8/h2-3,6,19H,4-5,7H2,1H3/t12-/m1/s1. The average molecular weight is 324 g/mol. The number of nitrogens with zero attached hydrogens (tertiary/aromatic N) is 1. The SMILES string of the molecule is C[C@@]1(OC(=O)C(F)(F)F)CNCCN1c1ccc(F)c(F)c1. The Kier molecular flexibility index (Phi) is 4.28. The molecule has 0 radical (unpaired) electrons. The Labute approximate surface area is 122 Å². The van der Waals surface area contributed by atoms with Gasteiger partial charge in [-0.15, -0.1) is 0 Å². The van der Waals surface area contributed by atoms with Crippen LogP contribution in [0.5, 0.6) is 0 Å². The molecule has 0 amide bonds. The van der Waals surface area contributed by atoms with Gasteiger partial charge in [-0.2, -0.15) is 13.2 Å². The van der Waals surface area contributed by atoms with E-state index < -0.39 is 29.5 Å².